The minimum absolute atomic E-state index is 0.228. The molecule has 2 heteroatoms. The largest absolute Gasteiger partial charge is 0.494 e. The van der Waals surface area contributed by atoms with Crippen molar-refractivity contribution in [1.29, 1.82) is 0 Å². The lowest BCUT2D eigenvalue weighted by Crippen LogP contribution is -2.04. The van der Waals surface area contributed by atoms with Crippen LogP contribution in [0, 0.1) is 5.92 Å². The Labute approximate surface area is 121 Å². The van der Waals surface area contributed by atoms with E-state index in [2.05, 4.69) is 24.3 Å². The number of aliphatic hydroxyl groups excluding tert-OH is 1. The van der Waals surface area contributed by atoms with Crippen LogP contribution in [0.5, 0.6) is 5.75 Å². The second-order valence-corrected chi connectivity index (χ2v) is 5.27. The van der Waals surface area contributed by atoms with Gasteiger partial charge in [-0.25, -0.2) is 0 Å². The minimum atomic E-state index is -0.399. The molecule has 106 valence electrons. The molecular formula is C18H22O2. The Bertz CT molecular complexity index is 526. The molecule has 0 aliphatic carbocycles. The van der Waals surface area contributed by atoms with Gasteiger partial charge in [-0.05, 0) is 41.7 Å². The molecule has 20 heavy (non-hydrogen) atoms. The van der Waals surface area contributed by atoms with E-state index in [-0.39, 0.29) is 5.92 Å². The van der Waals surface area contributed by atoms with Gasteiger partial charge in [-0.15, -0.1) is 0 Å². The molecule has 0 aromatic heterocycles. The van der Waals surface area contributed by atoms with Crippen LogP contribution in [-0.2, 0) is 0 Å². The van der Waals surface area contributed by atoms with E-state index in [0.717, 1.165) is 22.4 Å². The zero-order valence-electron chi connectivity index (χ0n) is 12.3. The summed E-state index contributed by atoms with van der Waals surface area (Å²) < 4.78 is 5.44. The molecule has 0 aliphatic heterocycles. The van der Waals surface area contributed by atoms with E-state index in [1.165, 1.54) is 0 Å². The Kier molecular flexibility index (Phi) is 4.80. The maximum absolute atomic E-state index is 10.0. The van der Waals surface area contributed by atoms with Crippen LogP contribution >= 0.6 is 0 Å². The predicted octanol–water partition coefficient (Wildman–Crippen LogP) is 4.44. The van der Waals surface area contributed by atoms with Crippen LogP contribution in [0.25, 0.3) is 11.1 Å². The molecule has 0 bridgehead atoms. The summed E-state index contributed by atoms with van der Waals surface area (Å²) in [7, 11) is 0. The fourth-order valence-electron chi connectivity index (χ4n) is 2.17. The Morgan fingerprint density at radius 2 is 1.40 bits per heavy atom. The predicted molar refractivity (Wildman–Crippen MR) is 82.8 cm³/mol. The average Bonchev–Trinajstić information content (AvgIpc) is 2.48. The van der Waals surface area contributed by atoms with E-state index in [9.17, 15) is 5.11 Å². The van der Waals surface area contributed by atoms with Crippen LogP contribution in [0.4, 0.5) is 0 Å². The zero-order chi connectivity index (χ0) is 14.5. The monoisotopic (exact) mass is 270 g/mol. The van der Waals surface area contributed by atoms with Crippen LogP contribution in [0.15, 0.2) is 48.5 Å². The number of benzene rings is 2. The van der Waals surface area contributed by atoms with Crippen LogP contribution < -0.4 is 4.74 Å². The van der Waals surface area contributed by atoms with Crippen LogP contribution in [0.2, 0.25) is 0 Å². The van der Waals surface area contributed by atoms with Crippen molar-refractivity contribution < 1.29 is 9.84 Å². The lowest BCUT2D eigenvalue weighted by Gasteiger charge is -2.15. The molecule has 2 aromatic carbocycles. The fourth-order valence-corrected chi connectivity index (χ4v) is 2.17. The minimum Gasteiger partial charge on any atom is -0.494 e. The van der Waals surface area contributed by atoms with E-state index in [1.807, 2.05) is 45.0 Å². The summed E-state index contributed by atoms with van der Waals surface area (Å²) >= 11 is 0. The Morgan fingerprint density at radius 3 is 1.85 bits per heavy atom. The van der Waals surface area contributed by atoms with Crippen LogP contribution in [-0.4, -0.2) is 11.7 Å². The number of ether oxygens (including phenoxy) is 1. The van der Waals surface area contributed by atoms with Crippen molar-refractivity contribution in [1.82, 2.24) is 0 Å². The molecule has 0 radical (unpaired) electrons. The lowest BCUT2D eigenvalue weighted by atomic mass is 9.96. The van der Waals surface area contributed by atoms with E-state index < -0.39 is 6.10 Å². The summed E-state index contributed by atoms with van der Waals surface area (Å²) in [4.78, 5) is 0. The Balaban J connectivity index is 2.17. The number of rotatable bonds is 5. The third-order valence-corrected chi connectivity index (χ3v) is 3.38. The van der Waals surface area contributed by atoms with Crippen molar-refractivity contribution >= 4 is 0 Å². The summed E-state index contributed by atoms with van der Waals surface area (Å²) in [6, 6.07) is 16.2. The van der Waals surface area contributed by atoms with Gasteiger partial charge < -0.3 is 9.84 Å². The molecule has 0 saturated carbocycles. The molecule has 0 fully saturated rings. The molecule has 0 spiro atoms. The Hall–Kier alpha value is -1.80. The number of aliphatic hydroxyl groups is 1. The molecule has 1 unspecified atom stereocenters. The SMILES string of the molecule is CCOc1ccc(-c2ccc(C(O)C(C)C)cc2)cc1. The van der Waals surface area contributed by atoms with Crippen LogP contribution in [0.1, 0.15) is 32.4 Å². The fraction of sp³-hybridized carbons (Fsp3) is 0.333. The van der Waals surface area contributed by atoms with Gasteiger partial charge in [-0.2, -0.15) is 0 Å². The molecule has 0 aliphatic rings. The van der Waals surface area contributed by atoms with Crippen LogP contribution in [0.3, 0.4) is 0 Å². The van der Waals surface area contributed by atoms with Gasteiger partial charge in [0.1, 0.15) is 5.75 Å². The molecule has 2 aromatic rings. The summed E-state index contributed by atoms with van der Waals surface area (Å²) in [6.07, 6.45) is -0.399. The summed E-state index contributed by atoms with van der Waals surface area (Å²) in [5.41, 5.74) is 3.27. The maximum atomic E-state index is 10.0. The standard InChI is InChI=1S/C18H22O2/c1-4-20-17-11-9-15(10-12-17)14-5-7-16(8-6-14)18(19)13(2)3/h5-13,18-19H,4H2,1-3H3. The van der Waals surface area contributed by atoms with Crippen molar-refractivity contribution in [2.75, 3.05) is 6.61 Å². The molecule has 0 heterocycles. The smallest absolute Gasteiger partial charge is 0.119 e. The first-order valence-electron chi connectivity index (χ1n) is 7.13. The maximum Gasteiger partial charge on any atom is 0.119 e. The molecule has 1 N–H and O–H groups in total. The summed E-state index contributed by atoms with van der Waals surface area (Å²) in [5.74, 6) is 1.12. The molecule has 2 rings (SSSR count). The molecule has 0 amide bonds. The first-order valence-corrected chi connectivity index (χ1v) is 7.13. The number of hydrogen-bond donors (Lipinski definition) is 1. The van der Waals surface area contributed by atoms with Gasteiger partial charge in [0, 0.05) is 0 Å². The highest BCUT2D eigenvalue weighted by molar-refractivity contribution is 5.64. The highest BCUT2D eigenvalue weighted by Crippen LogP contribution is 2.26. The normalized spacial score (nSPS) is 12.4. The van der Waals surface area contributed by atoms with E-state index >= 15 is 0 Å². The van der Waals surface area contributed by atoms with Gasteiger partial charge in [-0.1, -0.05) is 50.2 Å². The third-order valence-electron chi connectivity index (χ3n) is 3.38. The van der Waals surface area contributed by atoms with E-state index in [4.69, 9.17) is 4.74 Å². The van der Waals surface area contributed by atoms with Gasteiger partial charge in [-0.3, -0.25) is 0 Å². The van der Waals surface area contributed by atoms with Crippen molar-refractivity contribution in [2.24, 2.45) is 5.92 Å². The number of hydrogen-bond acceptors (Lipinski definition) is 2. The second kappa shape index (κ2) is 6.58. The highest BCUT2D eigenvalue weighted by Gasteiger charge is 2.11. The average molecular weight is 270 g/mol. The molecule has 1 atom stereocenters. The van der Waals surface area contributed by atoms with Crippen molar-refractivity contribution in [3.05, 3.63) is 54.1 Å². The second-order valence-electron chi connectivity index (χ2n) is 5.27. The molecule has 2 nitrogen and oxygen atoms in total. The molecule has 0 saturated heterocycles. The highest BCUT2D eigenvalue weighted by atomic mass is 16.5. The van der Waals surface area contributed by atoms with Gasteiger partial charge in [0.15, 0.2) is 0 Å². The quantitative estimate of drug-likeness (QED) is 0.870. The van der Waals surface area contributed by atoms with Gasteiger partial charge in [0.05, 0.1) is 12.7 Å². The topological polar surface area (TPSA) is 29.5 Å². The van der Waals surface area contributed by atoms with Crippen molar-refractivity contribution in [3.63, 3.8) is 0 Å². The third kappa shape index (κ3) is 3.40. The van der Waals surface area contributed by atoms with Crippen molar-refractivity contribution in [2.45, 2.75) is 26.9 Å². The molecular weight excluding hydrogens is 248 g/mol. The zero-order valence-corrected chi connectivity index (χ0v) is 12.3. The van der Waals surface area contributed by atoms with Crippen molar-refractivity contribution in [3.8, 4) is 16.9 Å². The summed E-state index contributed by atoms with van der Waals surface area (Å²) in [5, 5.41) is 10.0. The first kappa shape index (κ1) is 14.6. The lowest BCUT2D eigenvalue weighted by molar-refractivity contribution is 0.127. The van der Waals surface area contributed by atoms with E-state index in [1.54, 1.807) is 0 Å². The van der Waals surface area contributed by atoms with Gasteiger partial charge >= 0.3 is 0 Å². The van der Waals surface area contributed by atoms with Gasteiger partial charge in [0.2, 0.25) is 0 Å². The Morgan fingerprint density at radius 1 is 0.900 bits per heavy atom. The first-order chi connectivity index (χ1) is 9.61. The van der Waals surface area contributed by atoms with E-state index in [0.29, 0.717) is 6.61 Å². The van der Waals surface area contributed by atoms with Gasteiger partial charge in [0.25, 0.3) is 0 Å². The summed E-state index contributed by atoms with van der Waals surface area (Å²) in [6.45, 7) is 6.70.